The van der Waals surface area contributed by atoms with Gasteiger partial charge >= 0.3 is 0 Å². The van der Waals surface area contributed by atoms with Gasteiger partial charge in [0.25, 0.3) is 0 Å². The lowest BCUT2D eigenvalue weighted by Gasteiger charge is -2.25. The molecule has 1 amide bonds. The predicted octanol–water partition coefficient (Wildman–Crippen LogP) is 2.13. The van der Waals surface area contributed by atoms with Gasteiger partial charge < -0.3 is 4.90 Å². The fourth-order valence-electron chi connectivity index (χ4n) is 3.13. The summed E-state index contributed by atoms with van der Waals surface area (Å²) in [5, 5.41) is 6.96. The summed E-state index contributed by atoms with van der Waals surface area (Å²) in [6.07, 6.45) is 2.76. The standard InChI is InChI=1S/C17H22N4O/c1-12-8-14-6-4-5-7-16(14)21(12)17(22)11-20(3)10-15-9-18-19-13(15)2/h4-7,9,12H,8,10-11H2,1-3H3,(H,18,19)/t12-/m1/s1. The number of hydrogen-bond acceptors (Lipinski definition) is 3. The zero-order chi connectivity index (χ0) is 15.7. The first kappa shape index (κ1) is 14.8. The van der Waals surface area contributed by atoms with E-state index in [1.54, 1.807) is 0 Å². The molecule has 0 fully saturated rings. The van der Waals surface area contributed by atoms with Gasteiger partial charge in [0.05, 0.1) is 12.7 Å². The fraction of sp³-hybridized carbons (Fsp3) is 0.412. The Morgan fingerprint density at radius 3 is 2.95 bits per heavy atom. The summed E-state index contributed by atoms with van der Waals surface area (Å²) in [4.78, 5) is 16.7. The highest BCUT2D eigenvalue weighted by atomic mass is 16.2. The number of H-pyrrole nitrogens is 1. The fourth-order valence-corrected chi connectivity index (χ4v) is 3.13. The van der Waals surface area contributed by atoms with E-state index in [1.165, 1.54) is 5.56 Å². The van der Waals surface area contributed by atoms with Gasteiger partial charge in [0.2, 0.25) is 5.91 Å². The van der Waals surface area contributed by atoms with E-state index in [4.69, 9.17) is 0 Å². The summed E-state index contributed by atoms with van der Waals surface area (Å²) in [7, 11) is 1.97. The molecule has 0 unspecified atom stereocenters. The number of anilines is 1. The number of carbonyl (C=O) groups excluding carboxylic acids is 1. The molecule has 0 aliphatic carbocycles. The number of aromatic amines is 1. The normalized spacial score (nSPS) is 17.1. The Morgan fingerprint density at radius 2 is 2.23 bits per heavy atom. The topological polar surface area (TPSA) is 52.2 Å². The van der Waals surface area contributed by atoms with Crippen LogP contribution in [0.15, 0.2) is 30.5 Å². The van der Waals surface area contributed by atoms with E-state index in [-0.39, 0.29) is 11.9 Å². The molecule has 0 saturated heterocycles. The number of aryl methyl sites for hydroxylation is 1. The first-order chi connectivity index (χ1) is 10.6. The second-order valence-corrected chi connectivity index (χ2v) is 6.14. The number of carbonyl (C=O) groups is 1. The average Bonchev–Trinajstić information content (AvgIpc) is 3.01. The van der Waals surface area contributed by atoms with Crippen LogP contribution in [0.3, 0.4) is 0 Å². The van der Waals surface area contributed by atoms with Crippen molar-refractivity contribution in [2.75, 3.05) is 18.5 Å². The van der Waals surface area contributed by atoms with Gasteiger partial charge in [-0.25, -0.2) is 0 Å². The third-order valence-corrected chi connectivity index (χ3v) is 4.26. The molecular formula is C17H22N4O. The third-order valence-electron chi connectivity index (χ3n) is 4.26. The van der Waals surface area contributed by atoms with Crippen LogP contribution >= 0.6 is 0 Å². The summed E-state index contributed by atoms with van der Waals surface area (Å²) in [5.41, 5.74) is 4.51. The van der Waals surface area contributed by atoms with E-state index >= 15 is 0 Å². The van der Waals surface area contributed by atoms with E-state index in [0.717, 1.165) is 29.9 Å². The van der Waals surface area contributed by atoms with Crippen molar-refractivity contribution in [1.82, 2.24) is 15.1 Å². The Hall–Kier alpha value is -2.14. The largest absolute Gasteiger partial charge is 0.308 e. The first-order valence-corrected chi connectivity index (χ1v) is 7.63. The van der Waals surface area contributed by atoms with Crippen LogP contribution in [0.2, 0.25) is 0 Å². The molecule has 1 N–H and O–H groups in total. The van der Waals surface area contributed by atoms with Gasteiger partial charge in [-0.2, -0.15) is 5.10 Å². The van der Waals surface area contributed by atoms with Crippen molar-refractivity contribution in [1.29, 1.82) is 0 Å². The number of rotatable bonds is 4. The zero-order valence-electron chi connectivity index (χ0n) is 13.3. The molecule has 5 nitrogen and oxygen atoms in total. The monoisotopic (exact) mass is 298 g/mol. The minimum atomic E-state index is 0.154. The minimum absolute atomic E-state index is 0.154. The molecule has 0 spiro atoms. The van der Waals surface area contributed by atoms with Crippen molar-refractivity contribution in [2.24, 2.45) is 0 Å². The van der Waals surface area contributed by atoms with E-state index < -0.39 is 0 Å². The molecule has 1 aliphatic rings. The van der Waals surface area contributed by atoms with Crippen LogP contribution in [0.25, 0.3) is 0 Å². The Bertz CT molecular complexity index is 679. The van der Waals surface area contributed by atoms with Crippen molar-refractivity contribution in [3.63, 3.8) is 0 Å². The number of hydrogen-bond donors (Lipinski definition) is 1. The number of benzene rings is 1. The Labute approximate surface area is 130 Å². The lowest BCUT2D eigenvalue weighted by molar-refractivity contribution is -0.119. The van der Waals surface area contributed by atoms with Gasteiger partial charge in [-0.05, 0) is 38.9 Å². The number of likely N-dealkylation sites (N-methyl/N-ethyl adjacent to an activating group) is 1. The summed E-state index contributed by atoms with van der Waals surface area (Å²) in [5.74, 6) is 0.154. The van der Waals surface area contributed by atoms with Crippen LogP contribution in [0.1, 0.15) is 23.7 Å². The van der Waals surface area contributed by atoms with Crippen molar-refractivity contribution in [2.45, 2.75) is 32.9 Å². The van der Waals surface area contributed by atoms with E-state index in [2.05, 4.69) is 23.2 Å². The molecule has 116 valence electrons. The molecule has 0 radical (unpaired) electrons. The minimum Gasteiger partial charge on any atom is -0.308 e. The SMILES string of the molecule is Cc1[nH]ncc1CN(C)CC(=O)N1c2ccccc2C[C@H]1C. The number of nitrogens with one attached hydrogen (secondary N) is 1. The number of nitrogens with zero attached hydrogens (tertiary/aromatic N) is 3. The number of amides is 1. The molecule has 5 heteroatoms. The lowest BCUT2D eigenvalue weighted by Crippen LogP contribution is -2.42. The highest BCUT2D eigenvalue weighted by Crippen LogP contribution is 2.31. The molecule has 1 aromatic heterocycles. The summed E-state index contributed by atoms with van der Waals surface area (Å²) in [6.45, 7) is 5.23. The van der Waals surface area contributed by atoms with Gasteiger partial charge in [0.15, 0.2) is 0 Å². The highest BCUT2D eigenvalue weighted by molar-refractivity contribution is 5.97. The van der Waals surface area contributed by atoms with E-state index in [9.17, 15) is 4.79 Å². The molecule has 22 heavy (non-hydrogen) atoms. The maximum Gasteiger partial charge on any atom is 0.241 e. The van der Waals surface area contributed by atoms with Crippen molar-refractivity contribution >= 4 is 11.6 Å². The molecule has 1 atom stereocenters. The molecule has 3 rings (SSSR count). The quantitative estimate of drug-likeness (QED) is 0.941. The number of fused-ring (bicyclic) bond motifs is 1. The number of aromatic nitrogens is 2. The van der Waals surface area contributed by atoms with Crippen LogP contribution in [0.5, 0.6) is 0 Å². The average molecular weight is 298 g/mol. The molecule has 0 saturated carbocycles. The summed E-state index contributed by atoms with van der Waals surface area (Å²) < 4.78 is 0. The van der Waals surface area contributed by atoms with Gasteiger partial charge in [0, 0.05) is 29.5 Å². The van der Waals surface area contributed by atoms with Gasteiger partial charge in [-0.1, -0.05) is 18.2 Å². The Balaban J connectivity index is 1.68. The summed E-state index contributed by atoms with van der Waals surface area (Å²) >= 11 is 0. The molecular weight excluding hydrogens is 276 g/mol. The number of para-hydroxylation sites is 1. The summed E-state index contributed by atoms with van der Waals surface area (Å²) in [6, 6.07) is 8.41. The van der Waals surface area contributed by atoms with E-state index in [1.807, 2.05) is 48.2 Å². The van der Waals surface area contributed by atoms with Crippen molar-refractivity contribution < 1.29 is 4.79 Å². The van der Waals surface area contributed by atoms with Gasteiger partial charge in [-0.3, -0.25) is 14.8 Å². The van der Waals surface area contributed by atoms with Gasteiger partial charge in [0.1, 0.15) is 0 Å². The lowest BCUT2D eigenvalue weighted by atomic mass is 10.1. The predicted molar refractivity (Wildman–Crippen MR) is 86.8 cm³/mol. The molecule has 2 aromatic rings. The van der Waals surface area contributed by atoms with Crippen LogP contribution < -0.4 is 4.90 Å². The Morgan fingerprint density at radius 1 is 1.45 bits per heavy atom. The first-order valence-electron chi connectivity index (χ1n) is 7.63. The van der Waals surface area contributed by atoms with Crippen molar-refractivity contribution in [3.05, 3.63) is 47.3 Å². The smallest absolute Gasteiger partial charge is 0.241 e. The molecule has 1 aromatic carbocycles. The van der Waals surface area contributed by atoms with Crippen LogP contribution in [0, 0.1) is 6.92 Å². The molecule has 1 aliphatic heterocycles. The molecule has 0 bridgehead atoms. The zero-order valence-corrected chi connectivity index (χ0v) is 13.3. The van der Waals surface area contributed by atoms with Crippen LogP contribution in [0.4, 0.5) is 5.69 Å². The van der Waals surface area contributed by atoms with E-state index in [0.29, 0.717) is 6.54 Å². The van der Waals surface area contributed by atoms with Gasteiger partial charge in [-0.15, -0.1) is 0 Å². The third kappa shape index (κ3) is 2.76. The van der Waals surface area contributed by atoms with Crippen molar-refractivity contribution in [3.8, 4) is 0 Å². The van der Waals surface area contributed by atoms with Crippen LogP contribution in [-0.2, 0) is 17.8 Å². The van der Waals surface area contributed by atoms with Crippen LogP contribution in [-0.4, -0.2) is 40.6 Å². The maximum absolute atomic E-state index is 12.7. The highest BCUT2D eigenvalue weighted by Gasteiger charge is 2.30. The second-order valence-electron chi connectivity index (χ2n) is 6.14. The second kappa shape index (κ2) is 5.93. The maximum atomic E-state index is 12.7. The Kier molecular flexibility index (Phi) is 3.98. The molecule has 2 heterocycles.